The van der Waals surface area contributed by atoms with Gasteiger partial charge in [-0.1, -0.05) is 42.0 Å². The van der Waals surface area contributed by atoms with E-state index in [1.54, 1.807) is 24.3 Å². The first-order valence-electron chi connectivity index (χ1n) is 11.1. The van der Waals surface area contributed by atoms with Gasteiger partial charge in [-0.15, -0.1) is 0 Å². The first kappa shape index (κ1) is 23.6. The summed E-state index contributed by atoms with van der Waals surface area (Å²) in [7, 11) is -3.96. The Kier molecular flexibility index (Phi) is 6.79. The number of sulfonamides is 1. The summed E-state index contributed by atoms with van der Waals surface area (Å²) in [5.74, 6) is 0.888. The van der Waals surface area contributed by atoms with Crippen molar-refractivity contribution in [3.05, 3.63) is 83.4 Å². The number of hydrogen-bond donors (Lipinski definition) is 1. The predicted octanol–water partition coefficient (Wildman–Crippen LogP) is 4.15. The number of nitrogens with one attached hydrogen (secondary N) is 1. The van der Waals surface area contributed by atoms with Crippen LogP contribution in [-0.4, -0.2) is 34.1 Å². The van der Waals surface area contributed by atoms with E-state index in [0.717, 1.165) is 16.7 Å². The molecule has 178 valence electrons. The molecule has 1 aliphatic heterocycles. The molecular formula is C26H28N2O5S. The van der Waals surface area contributed by atoms with E-state index < -0.39 is 15.9 Å². The van der Waals surface area contributed by atoms with Crippen LogP contribution in [0.2, 0.25) is 0 Å². The molecule has 0 aliphatic carbocycles. The van der Waals surface area contributed by atoms with Gasteiger partial charge in [-0.25, -0.2) is 8.42 Å². The van der Waals surface area contributed by atoms with Gasteiger partial charge in [-0.3, -0.25) is 9.10 Å². The monoisotopic (exact) mass is 480 g/mol. The number of hydrogen-bond acceptors (Lipinski definition) is 5. The van der Waals surface area contributed by atoms with Crippen LogP contribution in [-0.2, 0) is 14.8 Å². The second-order valence-electron chi connectivity index (χ2n) is 8.31. The molecule has 3 aromatic rings. The number of rotatable bonds is 7. The van der Waals surface area contributed by atoms with Crippen LogP contribution in [0, 0.1) is 13.8 Å². The van der Waals surface area contributed by atoms with Crippen LogP contribution in [0.15, 0.2) is 71.6 Å². The van der Waals surface area contributed by atoms with E-state index in [2.05, 4.69) is 5.32 Å². The first-order chi connectivity index (χ1) is 16.3. The van der Waals surface area contributed by atoms with Gasteiger partial charge < -0.3 is 14.8 Å². The van der Waals surface area contributed by atoms with Crippen molar-refractivity contribution >= 4 is 21.6 Å². The molecule has 0 saturated heterocycles. The van der Waals surface area contributed by atoms with Crippen molar-refractivity contribution in [2.45, 2.75) is 31.7 Å². The summed E-state index contributed by atoms with van der Waals surface area (Å²) in [4.78, 5) is 13.2. The second-order valence-corrected chi connectivity index (χ2v) is 10.2. The van der Waals surface area contributed by atoms with Crippen molar-refractivity contribution in [2.24, 2.45) is 0 Å². The highest BCUT2D eigenvalue weighted by Gasteiger charge is 2.28. The van der Waals surface area contributed by atoms with Crippen LogP contribution < -0.4 is 19.1 Å². The first-order valence-corrected chi connectivity index (χ1v) is 12.5. The molecule has 4 rings (SSSR count). The Hall–Kier alpha value is -3.52. The van der Waals surface area contributed by atoms with Crippen molar-refractivity contribution in [1.82, 2.24) is 5.32 Å². The average Bonchev–Trinajstić information content (AvgIpc) is 2.83. The minimum Gasteiger partial charge on any atom is -0.486 e. The third-order valence-electron chi connectivity index (χ3n) is 5.68. The lowest BCUT2D eigenvalue weighted by Gasteiger charge is -2.27. The van der Waals surface area contributed by atoms with E-state index in [1.807, 2.05) is 51.1 Å². The quantitative estimate of drug-likeness (QED) is 0.549. The number of anilines is 1. The van der Waals surface area contributed by atoms with E-state index in [1.165, 1.54) is 16.4 Å². The summed E-state index contributed by atoms with van der Waals surface area (Å²) in [6.07, 6.45) is 0. The van der Waals surface area contributed by atoms with Gasteiger partial charge in [-0.05, 0) is 62.2 Å². The summed E-state index contributed by atoms with van der Waals surface area (Å²) in [6, 6.07) is 18.8. The molecule has 7 nitrogen and oxygen atoms in total. The summed E-state index contributed by atoms with van der Waals surface area (Å²) < 4.78 is 39.4. The summed E-state index contributed by atoms with van der Waals surface area (Å²) in [5.41, 5.74) is 3.08. The normalized spacial score (nSPS) is 13.7. The van der Waals surface area contributed by atoms with E-state index in [4.69, 9.17) is 9.47 Å². The molecule has 0 saturated carbocycles. The van der Waals surface area contributed by atoms with Gasteiger partial charge in [0.1, 0.15) is 19.8 Å². The zero-order valence-electron chi connectivity index (χ0n) is 19.4. The van der Waals surface area contributed by atoms with Crippen LogP contribution in [0.25, 0.3) is 0 Å². The molecule has 0 spiro atoms. The maximum atomic E-state index is 13.5. The maximum Gasteiger partial charge on any atom is 0.264 e. The molecule has 0 aromatic heterocycles. The van der Waals surface area contributed by atoms with Crippen LogP contribution in [0.4, 0.5) is 5.69 Å². The van der Waals surface area contributed by atoms with E-state index in [9.17, 15) is 13.2 Å². The zero-order chi connectivity index (χ0) is 24.3. The average molecular weight is 481 g/mol. The van der Waals surface area contributed by atoms with Gasteiger partial charge >= 0.3 is 0 Å². The summed E-state index contributed by atoms with van der Waals surface area (Å²) in [5, 5.41) is 2.92. The molecule has 0 radical (unpaired) electrons. The lowest BCUT2D eigenvalue weighted by Crippen LogP contribution is -2.42. The molecule has 34 heavy (non-hydrogen) atoms. The van der Waals surface area contributed by atoms with Crippen LogP contribution in [0.1, 0.15) is 29.7 Å². The van der Waals surface area contributed by atoms with Gasteiger partial charge in [-0.2, -0.15) is 0 Å². The Morgan fingerprint density at radius 1 is 0.971 bits per heavy atom. The molecule has 0 unspecified atom stereocenters. The highest BCUT2D eigenvalue weighted by molar-refractivity contribution is 7.92. The Labute approximate surface area is 200 Å². The van der Waals surface area contributed by atoms with Crippen molar-refractivity contribution in [2.75, 3.05) is 24.1 Å². The fourth-order valence-corrected chi connectivity index (χ4v) is 5.44. The fraction of sp³-hybridized carbons (Fsp3) is 0.269. The maximum absolute atomic E-state index is 13.5. The lowest BCUT2D eigenvalue weighted by atomic mass is 10.1. The molecule has 1 amide bonds. The Morgan fingerprint density at radius 3 is 2.38 bits per heavy atom. The van der Waals surface area contributed by atoms with Crippen molar-refractivity contribution in [3.8, 4) is 11.5 Å². The molecule has 0 bridgehead atoms. The van der Waals surface area contributed by atoms with Crippen molar-refractivity contribution in [3.63, 3.8) is 0 Å². The zero-order valence-corrected chi connectivity index (χ0v) is 20.3. The minimum atomic E-state index is -3.96. The van der Waals surface area contributed by atoms with Gasteiger partial charge in [0.2, 0.25) is 5.91 Å². The van der Waals surface area contributed by atoms with E-state index >= 15 is 0 Å². The minimum absolute atomic E-state index is 0.127. The van der Waals surface area contributed by atoms with Gasteiger partial charge in [0.15, 0.2) is 11.5 Å². The number of benzene rings is 3. The lowest BCUT2D eigenvalue weighted by molar-refractivity contribution is -0.120. The second kappa shape index (κ2) is 9.77. The predicted molar refractivity (Wildman–Crippen MR) is 131 cm³/mol. The molecule has 1 heterocycles. The third-order valence-corrected chi connectivity index (χ3v) is 7.46. The van der Waals surface area contributed by atoms with Gasteiger partial charge in [0.05, 0.1) is 16.6 Å². The van der Waals surface area contributed by atoms with Crippen molar-refractivity contribution in [1.29, 1.82) is 0 Å². The van der Waals surface area contributed by atoms with E-state index in [-0.39, 0.29) is 17.5 Å². The van der Waals surface area contributed by atoms with E-state index in [0.29, 0.717) is 30.4 Å². The van der Waals surface area contributed by atoms with Crippen LogP contribution >= 0.6 is 0 Å². The Balaban J connectivity index is 1.59. The standard InChI is InChI=1S/C26H28N2O5S/c1-18-9-11-23(19(2)15-18)28(34(30,31)22-7-5-4-6-8-22)17-26(29)27-20(3)21-10-12-24-25(16-21)33-14-13-32-24/h4-12,15-16,20H,13-14,17H2,1-3H3,(H,27,29)/t20-/m1/s1. The largest absolute Gasteiger partial charge is 0.486 e. The number of carbonyl (C=O) groups is 1. The highest BCUT2D eigenvalue weighted by atomic mass is 32.2. The van der Waals surface area contributed by atoms with Crippen molar-refractivity contribution < 1.29 is 22.7 Å². The number of ether oxygens (including phenoxy) is 2. The summed E-state index contributed by atoms with van der Waals surface area (Å²) in [6.45, 7) is 6.24. The number of aryl methyl sites for hydroxylation is 2. The highest BCUT2D eigenvalue weighted by Crippen LogP contribution is 2.33. The third kappa shape index (κ3) is 5.02. The van der Waals surface area contributed by atoms with Gasteiger partial charge in [0.25, 0.3) is 10.0 Å². The van der Waals surface area contributed by atoms with Gasteiger partial charge in [0, 0.05) is 0 Å². The van der Waals surface area contributed by atoms with Crippen LogP contribution in [0.3, 0.4) is 0 Å². The molecule has 1 atom stereocenters. The van der Waals surface area contributed by atoms with Crippen LogP contribution in [0.5, 0.6) is 11.5 Å². The fourth-order valence-electron chi connectivity index (χ4n) is 3.93. The Morgan fingerprint density at radius 2 is 1.68 bits per heavy atom. The number of nitrogens with zero attached hydrogens (tertiary/aromatic N) is 1. The molecule has 3 aromatic carbocycles. The SMILES string of the molecule is Cc1ccc(N(CC(=O)N[C@H](C)c2ccc3c(c2)OCCO3)S(=O)(=O)c2ccccc2)c(C)c1. The number of amides is 1. The Bertz CT molecular complexity index is 1290. The summed E-state index contributed by atoms with van der Waals surface area (Å²) >= 11 is 0. The molecular weight excluding hydrogens is 452 g/mol. The number of carbonyl (C=O) groups excluding carboxylic acids is 1. The smallest absolute Gasteiger partial charge is 0.264 e. The molecule has 1 N–H and O–H groups in total. The molecule has 0 fully saturated rings. The molecule has 8 heteroatoms. The topological polar surface area (TPSA) is 84.9 Å². The number of fused-ring (bicyclic) bond motifs is 1. The molecule has 1 aliphatic rings.